The van der Waals surface area contributed by atoms with Crippen LogP contribution < -0.4 is 5.32 Å². The Labute approximate surface area is 93.1 Å². The van der Waals surface area contributed by atoms with Crippen LogP contribution in [0.3, 0.4) is 0 Å². The topological polar surface area (TPSA) is 35.8 Å². The highest BCUT2D eigenvalue weighted by molar-refractivity contribution is 9.10. The quantitative estimate of drug-likeness (QED) is 0.899. The predicted molar refractivity (Wildman–Crippen MR) is 60.8 cm³/mol. The van der Waals surface area contributed by atoms with Crippen LogP contribution in [0.15, 0.2) is 28.7 Å². The molecular formula is C11H13BrN2. The standard InChI is InChI=1S/C11H13BrN2/c1-3-14-11(2,8-13)9-5-4-6-10(12)7-9/h4-7,14H,3H2,1-2H3. The molecule has 0 radical (unpaired) electrons. The molecule has 0 fully saturated rings. The molecule has 0 bridgehead atoms. The molecule has 1 unspecified atom stereocenters. The molecule has 1 aromatic rings. The number of nitrogens with one attached hydrogen (secondary N) is 1. The van der Waals surface area contributed by atoms with Crippen LogP contribution in [0.1, 0.15) is 19.4 Å². The minimum atomic E-state index is -0.599. The molecule has 2 nitrogen and oxygen atoms in total. The first kappa shape index (κ1) is 11.2. The van der Waals surface area contributed by atoms with Crippen molar-refractivity contribution in [3.8, 4) is 6.07 Å². The van der Waals surface area contributed by atoms with E-state index in [9.17, 15) is 0 Å². The van der Waals surface area contributed by atoms with Gasteiger partial charge in [-0.15, -0.1) is 0 Å². The highest BCUT2D eigenvalue weighted by atomic mass is 79.9. The normalized spacial score (nSPS) is 14.4. The number of hydrogen-bond acceptors (Lipinski definition) is 2. The lowest BCUT2D eigenvalue weighted by Crippen LogP contribution is -2.37. The first-order valence-corrected chi connectivity index (χ1v) is 5.34. The van der Waals surface area contributed by atoms with Gasteiger partial charge in [-0.2, -0.15) is 5.26 Å². The zero-order valence-electron chi connectivity index (χ0n) is 8.34. The number of halogens is 1. The average Bonchev–Trinajstić information content (AvgIpc) is 2.18. The third kappa shape index (κ3) is 2.34. The van der Waals surface area contributed by atoms with Gasteiger partial charge in [0.05, 0.1) is 6.07 Å². The van der Waals surface area contributed by atoms with Crippen LogP contribution in [0.2, 0.25) is 0 Å². The Morgan fingerprint density at radius 2 is 2.29 bits per heavy atom. The maximum Gasteiger partial charge on any atom is 0.129 e. The van der Waals surface area contributed by atoms with Crippen molar-refractivity contribution in [3.63, 3.8) is 0 Å². The summed E-state index contributed by atoms with van der Waals surface area (Å²) in [5, 5.41) is 12.3. The van der Waals surface area contributed by atoms with E-state index in [1.807, 2.05) is 38.1 Å². The first-order valence-electron chi connectivity index (χ1n) is 4.54. The van der Waals surface area contributed by atoms with E-state index >= 15 is 0 Å². The highest BCUT2D eigenvalue weighted by Crippen LogP contribution is 2.22. The maximum absolute atomic E-state index is 9.13. The van der Waals surface area contributed by atoms with E-state index in [4.69, 9.17) is 5.26 Å². The van der Waals surface area contributed by atoms with Gasteiger partial charge in [0.2, 0.25) is 0 Å². The van der Waals surface area contributed by atoms with E-state index in [1.165, 1.54) is 0 Å². The van der Waals surface area contributed by atoms with Gasteiger partial charge in [-0.25, -0.2) is 0 Å². The van der Waals surface area contributed by atoms with Crippen molar-refractivity contribution in [1.82, 2.24) is 5.32 Å². The molecule has 0 aliphatic heterocycles. The van der Waals surface area contributed by atoms with Crippen LogP contribution in [0.4, 0.5) is 0 Å². The summed E-state index contributed by atoms with van der Waals surface area (Å²) in [4.78, 5) is 0. The van der Waals surface area contributed by atoms with Gasteiger partial charge in [-0.05, 0) is 31.2 Å². The average molecular weight is 253 g/mol. The van der Waals surface area contributed by atoms with E-state index in [1.54, 1.807) is 0 Å². The van der Waals surface area contributed by atoms with Crippen molar-refractivity contribution in [1.29, 1.82) is 5.26 Å². The van der Waals surface area contributed by atoms with Crippen molar-refractivity contribution in [2.75, 3.05) is 6.54 Å². The number of benzene rings is 1. The molecule has 0 aliphatic rings. The molecule has 3 heteroatoms. The molecule has 1 N–H and O–H groups in total. The fraction of sp³-hybridized carbons (Fsp3) is 0.364. The SMILES string of the molecule is CCNC(C)(C#N)c1cccc(Br)c1. The molecule has 0 spiro atoms. The Hall–Kier alpha value is -0.850. The van der Waals surface area contributed by atoms with Gasteiger partial charge >= 0.3 is 0 Å². The van der Waals surface area contributed by atoms with Crippen molar-refractivity contribution in [2.45, 2.75) is 19.4 Å². The fourth-order valence-electron chi connectivity index (χ4n) is 1.36. The van der Waals surface area contributed by atoms with Crippen LogP contribution in [0.5, 0.6) is 0 Å². The zero-order chi connectivity index (χ0) is 10.6. The summed E-state index contributed by atoms with van der Waals surface area (Å²) in [5.74, 6) is 0. The number of nitriles is 1. The number of nitrogens with zero attached hydrogens (tertiary/aromatic N) is 1. The number of hydrogen-bond donors (Lipinski definition) is 1. The Morgan fingerprint density at radius 3 is 2.79 bits per heavy atom. The van der Waals surface area contributed by atoms with Crippen LogP contribution in [0.25, 0.3) is 0 Å². The molecule has 1 rings (SSSR count). The van der Waals surface area contributed by atoms with Crippen LogP contribution in [-0.2, 0) is 5.54 Å². The molecule has 0 aromatic heterocycles. The predicted octanol–water partition coefficient (Wildman–Crippen LogP) is 2.80. The van der Waals surface area contributed by atoms with E-state index in [0.29, 0.717) is 0 Å². The molecular weight excluding hydrogens is 240 g/mol. The molecule has 0 amide bonds. The summed E-state index contributed by atoms with van der Waals surface area (Å²) < 4.78 is 0.995. The summed E-state index contributed by atoms with van der Waals surface area (Å²) >= 11 is 3.40. The Morgan fingerprint density at radius 1 is 1.57 bits per heavy atom. The Bertz CT molecular complexity index is 357. The van der Waals surface area contributed by atoms with E-state index in [2.05, 4.69) is 27.3 Å². The lowest BCUT2D eigenvalue weighted by molar-refractivity contribution is 0.481. The molecule has 0 aliphatic carbocycles. The van der Waals surface area contributed by atoms with E-state index in [0.717, 1.165) is 16.6 Å². The van der Waals surface area contributed by atoms with Gasteiger partial charge in [0.25, 0.3) is 0 Å². The van der Waals surface area contributed by atoms with Gasteiger partial charge in [-0.3, -0.25) is 5.32 Å². The highest BCUT2D eigenvalue weighted by Gasteiger charge is 2.24. The Balaban J connectivity index is 3.07. The molecule has 0 heterocycles. The van der Waals surface area contributed by atoms with Crippen molar-refractivity contribution < 1.29 is 0 Å². The van der Waals surface area contributed by atoms with Crippen molar-refractivity contribution in [3.05, 3.63) is 34.3 Å². The third-order valence-electron chi connectivity index (χ3n) is 2.16. The van der Waals surface area contributed by atoms with Crippen LogP contribution >= 0.6 is 15.9 Å². The molecule has 0 saturated heterocycles. The van der Waals surface area contributed by atoms with E-state index in [-0.39, 0.29) is 0 Å². The van der Waals surface area contributed by atoms with Gasteiger partial charge in [0.15, 0.2) is 0 Å². The summed E-state index contributed by atoms with van der Waals surface area (Å²) in [5.41, 5.74) is 0.384. The number of rotatable bonds is 3. The van der Waals surface area contributed by atoms with Crippen LogP contribution in [0, 0.1) is 11.3 Å². The van der Waals surface area contributed by atoms with Crippen LogP contribution in [-0.4, -0.2) is 6.54 Å². The second-order valence-electron chi connectivity index (χ2n) is 3.28. The van der Waals surface area contributed by atoms with Gasteiger partial charge < -0.3 is 0 Å². The molecule has 1 atom stereocenters. The van der Waals surface area contributed by atoms with Crippen molar-refractivity contribution >= 4 is 15.9 Å². The second kappa shape index (κ2) is 4.59. The maximum atomic E-state index is 9.13. The smallest absolute Gasteiger partial charge is 0.129 e. The third-order valence-corrected chi connectivity index (χ3v) is 2.65. The molecule has 0 saturated carbocycles. The monoisotopic (exact) mass is 252 g/mol. The fourth-order valence-corrected chi connectivity index (χ4v) is 1.76. The van der Waals surface area contributed by atoms with Crippen molar-refractivity contribution in [2.24, 2.45) is 0 Å². The Kier molecular flexibility index (Phi) is 3.68. The summed E-state index contributed by atoms with van der Waals surface area (Å²) in [6.45, 7) is 4.66. The summed E-state index contributed by atoms with van der Waals surface area (Å²) in [7, 11) is 0. The largest absolute Gasteiger partial charge is 0.296 e. The first-order chi connectivity index (χ1) is 6.62. The lowest BCUT2D eigenvalue weighted by Gasteiger charge is -2.23. The lowest BCUT2D eigenvalue weighted by atomic mass is 9.94. The molecule has 1 aromatic carbocycles. The minimum Gasteiger partial charge on any atom is -0.296 e. The summed E-state index contributed by atoms with van der Waals surface area (Å²) in [6.07, 6.45) is 0. The molecule has 74 valence electrons. The minimum absolute atomic E-state index is 0.599. The van der Waals surface area contributed by atoms with Gasteiger partial charge in [0.1, 0.15) is 5.54 Å². The summed E-state index contributed by atoms with van der Waals surface area (Å²) in [6, 6.07) is 10.1. The van der Waals surface area contributed by atoms with E-state index < -0.39 is 5.54 Å². The zero-order valence-corrected chi connectivity index (χ0v) is 9.93. The second-order valence-corrected chi connectivity index (χ2v) is 4.19. The molecule has 14 heavy (non-hydrogen) atoms. The van der Waals surface area contributed by atoms with Gasteiger partial charge in [0, 0.05) is 4.47 Å². The van der Waals surface area contributed by atoms with Gasteiger partial charge in [-0.1, -0.05) is 35.0 Å².